The first kappa shape index (κ1) is 9.74. The topological polar surface area (TPSA) is 48.4 Å². The molecule has 1 saturated heterocycles. The lowest BCUT2D eigenvalue weighted by atomic mass is 9.90. The SMILES string of the molecule is Cc1ccoc1C(N)C1CCOCC1. The lowest BCUT2D eigenvalue weighted by molar-refractivity contribution is 0.0559. The third-order valence-electron chi connectivity index (χ3n) is 2.98. The molecule has 1 aliphatic heterocycles. The fraction of sp³-hybridized carbons (Fsp3) is 0.636. The van der Waals surface area contributed by atoms with E-state index in [0.29, 0.717) is 5.92 Å². The van der Waals surface area contributed by atoms with Crippen LogP contribution in [0.4, 0.5) is 0 Å². The fourth-order valence-electron chi connectivity index (χ4n) is 2.01. The van der Waals surface area contributed by atoms with Gasteiger partial charge in [-0.25, -0.2) is 0 Å². The van der Waals surface area contributed by atoms with E-state index < -0.39 is 0 Å². The van der Waals surface area contributed by atoms with Gasteiger partial charge in [-0.05, 0) is 37.3 Å². The molecular weight excluding hydrogens is 178 g/mol. The molecule has 2 heterocycles. The van der Waals surface area contributed by atoms with Crippen LogP contribution in [0, 0.1) is 12.8 Å². The van der Waals surface area contributed by atoms with Crippen molar-refractivity contribution in [2.75, 3.05) is 13.2 Å². The van der Waals surface area contributed by atoms with Crippen molar-refractivity contribution in [3.63, 3.8) is 0 Å². The van der Waals surface area contributed by atoms with Gasteiger partial charge in [0.05, 0.1) is 12.3 Å². The second kappa shape index (κ2) is 4.15. The molecule has 14 heavy (non-hydrogen) atoms. The Morgan fingerprint density at radius 1 is 1.43 bits per heavy atom. The van der Waals surface area contributed by atoms with Gasteiger partial charge in [0.15, 0.2) is 0 Å². The molecule has 0 saturated carbocycles. The van der Waals surface area contributed by atoms with E-state index in [1.165, 1.54) is 0 Å². The number of furan rings is 1. The molecule has 2 N–H and O–H groups in total. The molecule has 2 rings (SSSR count). The Bertz CT molecular complexity index is 289. The zero-order chi connectivity index (χ0) is 9.97. The lowest BCUT2D eigenvalue weighted by Gasteiger charge is -2.26. The Balaban J connectivity index is 2.07. The molecule has 3 nitrogen and oxygen atoms in total. The monoisotopic (exact) mass is 195 g/mol. The zero-order valence-electron chi connectivity index (χ0n) is 8.53. The summed E-state index contributed by atoms with van der Waals surface area (Å²) in [5.74, 6) is 1.45. The molecule has 1 aromatic rings. The number of hydrogen-bond acceptors (Lipinski definition) is 3. The Morgan fingerprint density at radius 3 is 2.71 bits per heavy atom. The predicted octanol–water partition coefficient (Wildman–Crippen LogP) is 2.01. The first-order valence-electron chi connectivity index (χ1n) is 5.16. The van der Waals surface area contributed by atoms with Gasteiger partial charge in [0.1, 0.15) is 5.76 Å². The van der Waals surface area contributed by atoms with Gasteiger partial charge >= 0.3 is 0 Å². The van der Waals surface area contributed by atoms with Crippen LogP contribution in [0.15, 0.2) is 16.7 Å². The first-order chi connectivity index (χ1) is 6.79. The molecule has 0 aromatic carbocycles. The standard InChI is InChI=1S/C11H17NO2/c1-8-2-7-14-11(8)10(12)9-3-5-13-6-4-9/h2,7,9-10H,3-6,12H2,1H3. The summed E-state index contributed by atoms with van der Waals surface area (Å²) in [4.78, 5) is 0. The largest absolute Gasteiger partial charge is 0.467 e. The number of rotatable bonds is 2. The maximum Gasteiger partial charge on any atom is 0.123 e. The molecule has 1 atom stereocenters. The highest BCUT2D eigenvalue weighted by Crippen LogP contribution is 2.29. The van der Waals surface area contributed by atoms with Crippen molar-refractivity contribution in [2.24, 2.45) is 11.7 Å². The Hall–Kier alpha value is -0.800. The average Bonchev–Trinajstić information content (AvgIpc) is 2.65. The molecule has 0 amide bonds. The summed E-state index contributed by atoms with van der Waals surface area (Å²) in [7, 11) is 0. The van der Waals surface area contributed by atoms with Crippen molar-refractivity contribution in [3.8, 4) is 0 Å². The maximum atomic E-state index is 6.17. The third-order valence-corrected chi connectivity index (χ3v) is 2.98. The highest BCUT2D eigenvalue weighted by Gasteiger charge is 2.25. The van der Waals surface area contributed by atoms with Crippen LogP contribution in [0.3, 0.4) is 0 Å². The van der Waals surface area contributed by atoms with Crippen molar-refractivity contribution in [1.82, 2.24) is 0 Å². The molecular formula is C11H17NO2. The van der Waals surface area contributed by atoms with Crippen LogP contribution in [-0.4, -0.2) is 13.2 Å². The normalized spacial score (nSPS) is 21.0. The van der Waals surface area contributed by atoms with Crippen LogP contribution in [0.1, 0.15) is 30.2 Å². The fourth-order valence-corrected chi connectivity index (χ4v) is 2.01. The van der Waals surface area contributed by atoms with Gasteiger partial charge in [-0.15, -0.1) is 0 Å². The molecule has 1 aromatic heterocycles. The second-order valence-corrected chi connectivity index (χ2v) is 3.94. The molecule has 0 bridgehead atoms. The number of hydrogen-bond donors (Lipinski definition) is 1. The van der Waals surface area contributed by atoms with Gasteiger partial charge in [0.25, 0.3) is 0 Å². The Labute approximate surface area is 84.2 Å². The lowest BCUT2D eigenvalue weighted by Crippen LogP contribution is -2.27. The van der Waals surface area contributed by atoms with E-state index in [2.05, 4.69) is 0 Å². The van der Waals surface area contributed by atoms with E-state index in [4.69, 9.17) is 14.9 Å². The summed E-state index contributed by atoms with van der Waals surface area (Å²) in [6.45, 7) is 3.70. The van der Waals surface area contributed by atoms with Gasteiger partial charge in [0.2, 0.25) is 0 Å². The third kappa shape index (κ3) is 1.83. The average molecular weight is 195 g/mol. The van der Waals surface area contributed by atoms with E-state index in [1.54, 1.807) is 6.26 Å². The van der Waals surface area contributed by atoms with E-state index in [-0.39, 0.29) is 6.04 Å². The van der Waals surface area contributed by atoms with E-state index in [1.807, 2.05) is 13.0 Å². The summed E-state index contributed by atoms with van der Waals surface area (Å²) < 4.78 is 10.7. The maximum absolute atomic E-state index is 6.17. The summed E-state index contributed by atoms with van der Waals surface area (Å²) in [5.41, 5.74) is 7.32. The summed E-state index contributed by atoms with van der Waals surface area (Å²) in [6.07, 6.45) is 3.80. The van der Waals surface area contributed by atoms with E-state index >= 15 is 0 Å². The number of nitrogens with two attached hydrogens (primary N) is 1. The number of ether oxygens (including phenoxy) is 1. The van der Waals surface area contributed by atoms with E-state index in [9.17, 15) is 0 Å². The van der Waals surface area contributed by atoms with Gasteiger partial charge in [-0.2, -0.15) is 0 Å². The molecule has 0 aliphatic carbocycles. The van der Waals surface area contributed by atoms with Crippen molar-refractivity contribution < 1.29 is 9.15 Å². The van der Waals surface area contributed by atoms with Crippen LogP contribution in [0.25, 0.3) is 0 Å². The number of aryl methyl sites for hydroxylation is 1. The van der Waals surface area contributed by atoms with Crippen LogP contribution in [0.2, 0.25) is 0 Å². The van der Waals surface area contributed by atoms with Crippen molar-refractivity contribution >= 4 is 0 Å². The highest BCUT2D eigenvalue weighted by atomic mass is 16.5. The van der Waals surface area contributed by atoms with Gasteiger partial charge in [0, 0.05) is 13.2 Å². The predicted molar refractivity (Wildman–Crippen MR) is 53.9 cm³/mol. The molecule has 1 unspecified atom stereocenters. The minimum Gasteiger partial charge on any atom is -0.467 e. The zero-order valence-corrected chi connectivity index (χ0v) is 8.53. The molecule has 1 fully saturated rings. The summed E-state index contributed by atoms with van der Waals surface area (Å²) in [6, 6.07) is 2.00. The Morgan fingerprint density at radius 2 is 2.14 bits per heavy atom. The van der Waals surface area contributed by atoms with E-state index in [0.717, 1.165) is 37.4 Å². The molecule has 1 aliphatic rings. The van der Waals surface area contributed by atoms with Gasteiger partial charge in [-0.3, -0.25) is 0 Å². The van der Waals surface area contributed by atoms with Crippen LogP contribution >= 0.6 is 0 Å². The second-order valence-electron chi connectivity index (χ2n) is 3.94. The van der Waals surface area contributed by atoms with Crippen LogP contribution in [-0.2, 0) is 4.74 Å². The molecule has 0 spiro atoms. The molecule has 78 valence electrons. The first-order valence-corrected chi connectivity index (χ1v) is 5.16. The minimum atomic E-state index is 0.0360. The summed E-state index contributed by atoms with van der Waals surface area (Å²) in [5, 5.41) is 0. The van der Waals surface area contributed by atoms with Crippen molar-refractivity contribution in [1.29, 1.82) is 0 Å². The van der Waals surface area contributed by atoms with Gasteiger partial charge in [-0.1, -0.05) is 0 Å². The summed E-state index contributed by atoms with van der Waals surface area (Å²) >= 11 is 0. The van der Waals surface area contributed by atoms with Crippen LogP contribution in [0.5, 0.6) is 0 Å². The smallest absolute Gasteiger partial charge is 0.123 e. The molecule has 0 radical (unpaired) electrons. The van der Waals surface area contributed by atoms with Gasteiger partial charge < -0.3 is 14.9 Å². The Kier molecular flexibility index (Phi) is 2.89. The molecule has 3 heteroatoms. The quantitative estimate of drug-likeness (QED) is 0.785. The van der Waals surface area contributed by atoms with Crippen molar-refractivity contribution in [2.45, 2.75) is 25.8 Å². The van der Waals surface area contributed by atoms with Crippen molar-refractivity contribution in [3.05, 3.63) is 23.7 Å². The van der Waals surface area contributed by atoms with Crippen LogP contribution < -0.4 is 5.73 Å². The highest BCUT2D eigenvalue weighted by molar-refractivity contribution is 5.18. The minimum absolute atomic E-state index is 0.0360.